The van der Waals surface area contributed by atoms with E-state index in [1.54, 1.807) is 0 Å². The Morgan fingerprint density at radius 1 is 0.680 bits per heavy atom. The molecule has 0 aliphatic rings. The maximum absolute atomic E-state index is 3.36. The minimum Gasteiger partial charge on any atom is -0.309 e. The highest BCUT2D eigenvalue weighted by atomic mass is 79.9. The number of hydrogen-bond acceptors (Lipinski definition) is 1. The van der Waals surface area contributed by atoms with Gasteiger partial charge < -0.3 is 4.90 Å². The van der Waals surface area contributed by atoms with Gasteiger partial charge >= 0.3 is 0 Å². The van der Waals surface area contributed by atoms with Crippen LogP contribution in [0.5, 0.6) is 0 Å². The molecule has 0 bridgehead atoms. The molecular weight excluding hydrogens is 370 g/mol. The Bertz CT molecular complexity index is 350. The maximum atomic E-state index is 3.36. The smallest absolute Gasteiger partial charge is 0.0283 e. The summed E-state index contributed by atoms with van der Waals surface area (Å²) in [5.74, 6) is 0. The number of unbranched alkanes of at least 4 members (excludes halogenated alkanes) is 11. The molecule has 0 atom stereocenters. The van der Waals surface area contributed by atoms with Crippen molar-refractivity contribution in [3.63, 3.8) is 0 Å². The normalized spacial score (nSPS) is 10.6. The minimum atomic E-state index is 0.952. The van der Waals surface area contributed by atoms with E-state index in [4.69, 9.17) is 0 Å². The van der Waals surface area contributed by atoms with Gasteiger partial charge in [0.05, 0.1) is 0 Å². The topological polar surface area (TPSA) is 3.24 Å². The summed E-state index contributed by atoms with van der Waals surface area (Å²) in [6.07, 6.45) is 17.3. The average Bonchev–Trinajstić information content (AvgIpc) is 2.63. The first kappa shape index (κ1) is 24.7. The zero-order valence-corrected chi connectivity index (χ0v) is 18.7. The molecule has 0 fully saturated rings. The van der Waals surface area contributed by atoms with Gasteiger partial charge in [-0.1, -0.05) is 124 Å². The predicted octanol–water partition coefficient (Wildman–Crippen LogP) is 7.83. The van der Waals surface area contributed by atoms with Gasteiger partial charge in [-0.25, -0.2) is 0 Å². The van der Waals surface area contributed by atoms with Gasteiger partial charge in [0.25, 0.3) is 0 Å². The average molecular weight is 413 g/mol. The lowest BCUT2D eigenvalue weighted by atomic mass is 10.1. The van der Waals surface area contributed by atoms with E-state index in [0.717, 1.165) is 5.33 Å². The van der Waals surface area contributed by atoms with Crippen LogP contribution in [0.4, 0.5) is 0 Å². The number of nitrogens with zero attached hydrogens (tertiary/aromatic N) is 1. The van der Waals surface area contributed by atoms with Crippen LogP contribution >= 0.6 is 15.9 Å². The molecule has 0 saturated heterocycles. The molecule has 0 spiro atoms. The van der Waals surface area contributed by atoms with E-state index in [0.29, 0.717) is 0 Å². The van der Waals surface area contributed by atoms with E-state index in [1.807, 2.05) is 18.2 Å². The van der Waals surface area contributed by atoms with Gasteiger partial charge in [0.1, 0.15) is 0 Å². The van der Waals surface area contributed by atoms with Crippen LogP contribution in [0.2, 0.25) is 0 Å². The molecule has 146 valence electrons. The molecule has 0 amide bonds. The Kier molecular flexibility index (Phi) is 19.7. The number of benzene rings is 1. The van der Waals surface area contributed by atoms with Crippen LogP contribution < -0.4 is 0 Å². The van der Waals surface area contributed by atoms with Crippen LogP contribution in [-0.2, 0) is 5.33 Å². The number of halogens is 1. The van der Waals surface area contributed by atoms with Gasteiger partial charge in [0, 0.05) is 5.33 Å². The van der Waals surface area contributed by atoms with Crippen molar-refractivity contribution < 1.29 is 0 Å². The van der Waals surface area contributed by atoms with Crippen molar-refractivity contribution in [2.24, 2.45) is 0 Å². The Morgan fingerprint density at radius 3 is 1.48 bits per heavy atom. The molecule has 0 aromatic heterocycles. The SMILES string of the molecule is BrCc1ccccc1.CCCCCCCCCCCCCCN(C)C. The Balaban J connectivity index is 0.000000593. The summed E-state index contributed by atoms with van der Waals surface area (Å²) in [7, 11) is 4.33. The zero-order valence-electron chi connectivity index (χ0n) is 17.1. The summed E-state index contributed by atoms with van der Waals surface area (Å²) in [6, 6.07) is 10.3. The van der Waals surface area contributed by atoms with Crippen molar-refractivity contribution in [2.75, 3.05) is 20.6 Å². The second-order valence-electron chi connectivity index (χ2n) is 7.31. The second kappa shape index (κ2) is 20.0. The standard InChI is InChI=1S/C16H35N.C7H7Br/c1-4-5-6-7-8-9-10-11-12-13-14-15-16-17(2)3;8-6-7-4-2-1-3-5-7/h4-16H2,1-3H3;1-5H,6H2. The van der Waals surface area contributed by atoms with E-state index < -0.39 is 0 Å². The molecular formula is C23H42BrN. The van der Waals surface area contributed by atoms with Crippen LogP contribution in [-0.4, -0.2) is 25.5 Å². The van der Waals surface area contributed by atoms with Crippen molar-refractivity contribution in [1.29, 1.82) is 0 Å². The highest BCUT2D eigenvalue weighted by Gasteiger charge is 1.94. The fraction of sp³-hybridized carbons (Fsp3) is 0.739. The summed E-state index contributed by atoms with van der Waals surface area (Å²) >= 11 is 3.36. The highest BCUT2D eigenvalue weighted by molar-refractivity contribution is 9.08. The monoisotopic (exact) mass is 411 g/mol. The minimum absolute atomic E-state index is 0.952. The van der Waals surface area contributed by atoms with Crippen molar-refractivity contribution >= 4 is 15.9 Å². The van der Waals surface area contributed by atoms with Gasteiger partial charge in [0.15, 0.2) is 0 Å². The molecule has 0 radical (unpaired) electrons. The summed E-state index contributed by atoms with van der Waals surface area (Å²) in [4.78, 5) is 2.29. The molecule has 0 saturated carbocycles. The zero-order chi connectivity index (χ0) is 18.6. The first-order valence-corrected chi connectivity index (χ1v) is 11.6. The molecule has 0 aliphatic heterocycles. The first-order valence-electron chi connectivity index (χ1n) is 10.4. The van der Waals surface area contributed by atoms with Crippen LogP contribution in [0.3, 0.4) is 0 Å². The van der Waals surface area contributed by atoms with E-state index >= 15 is 0 Å². The van der Waals surface area contributed by atoms with Gasteiger partial charge in [-0.05, 0) is 32.6 Å². The summed E-state index contributed by atoms with van der Waals surface area (Å²) < 4.78 is 0. The molecule has 0 aliphatic carbocycles. The summed E-state index contributed by atoms with van der Waals surface area (Å²) in [5.41, 5.74) is 1.33. The fourth-order valence-corrected chi connectivity index (χ4v) is 3.21. The number of hydrogen-bond donors (Lipinski definition) is 0. The predicted molar refractivity (Wildman–Crippen MR) is 119 cm³/mol. The molecule has 1 aromatic carbocycles. The molecule has 25 heavy (non-hydrogen) atoms. The molecule has 1 aromatic rings. The lowest BCUT2D eigenvalue weighted by Gasteiger charge is -2.08. The van der Waals surface area contributed by atoms with Gasteiger partial charge in [0.2, 0.25) is 0 Å². The molecule has 2 heteroatoms. The highest BCUT2D eigenvalue weighted by Crippen LogP contribution is 2.11. The van der Waals surface area contributed by atoms with Gasteiger partial charge in [-0.15, -0.1) is 0 Å². The van der Waals surface area contributed by atoms with Crippen LogP contribution in [0.1, 0.15) is 89.5 Å². The van der Waals surface area contributed by atoms with E-state index in [9.17, 15) is 0 Å². The number of alkyl halides is 1. The lowest BCUT2D eigenvalue weighted by molar-refractivity contribution is 0.389. The van der Waals surface area contributed by atoms with Gasteiger partial charge in [-0.2, -0.15) is 0 Å². The van der Waals surface area contributed by atoms with Crippen molar-refractivity contribution in [2.45, 2.75) is 89.3 Å². The second-order valence-corrected chi connectivity index (χ2v) is 7.87. The fourth-order valence-electron chi connectivity index (χ4n) is 2.84. The summed E-state index contributed by atoms with van der Waals surface area (Å²) in [6.45, 7) is 3.55. The third-order valence-electron chi connectivity index (χ3n) is 4.46. The third kappa shape index (κ3) is 19.8. The van der Waals surface area contributed by atoms with Crippen LogP contribution in [0.15, 0.2) is 30.3 Å². The molecule has 1 nitrogen and oxygen atoms in total. The number of rotatable bonds is 14. The molecule has 0 N–H and O–H groups in total. The van der Waals surface area contributed by atoms with Crippen LogP contribution in [0, 0.1) is 0 Å². The largest absolute Gasteiger partial charge is 0.309 e. The third-order valence-corrected chi connectivity index (χ3v) is 5.10. The van der Waals surface area contributed by atoms with Crippen LogP contribution in [0.25, 0.3) is 0 Å². The van der Waals surface area contributed by atoms with Crippen molar-refractivity contribution in [3.05, 3.63) is 35.9 Å². The first-order chi connectivity index (χ1) is 12.2. The van der Waals surface area contributed by atoms with E-state index in [1.165, 1.54) is 89.2 Å². The molecule has 1 rings (SSSR count). The Morgan fingerprint density at radius 2 is 1.12 bits per heavy atom. The van der Waals surface area contributed by atoms with E-state index in [2.05, 4.69) is 54.0 Å². The quantitative estimate of drug-likeness (QED) is 0.222. The molecule has 0 heterocycles. The molecule has 0 unspecified atom stereocenters. The van der Waals surface area contributed by atoms with Crippen molar-refractivity contribution in [3.8, 4) is 0 Å². The maximum Gasteiger partial charge on any atom is 0.0283 e. The van der Waals surface area contributed by atoms with Crippen molar-refractivity contribution in [1.82, 2.24) is 4.90 Å². The lowest BCUT2D eigenvalue weighted by Crippen LogP contribution is -2.12. The summed E-state index contributed by atoms with van der Waals surface area (Å²) in [5, 5.41) is 0.952. The Labute approximate surface area is 166 Å². The van der Waals surface area contributed by atoms with E-state index in [-0.39, 0.29) is 0 Å². The van der Waals surface area contributed by atoms with Gasteiger partial charge in [-0.3, -0.25) is 0 Å². The Hall–Kier alpha value is -0.340.